The number of thiazole rings is 2. The van der Waals surface area contributed by atoms with Crippen molar-refractivity contribution in [3.8, 4) is 21.1 Å². The fraction of sp³-hybridized carbons (Fsp3) is 0. The van der Waals surface area contributed by atoms with E-state index in [9.17, 15) is 4.79 Å². The molecule has 0 fully saturated rings. The van der Waals surface area contributed by atoms with Crippen LogP contribution in [0.15, 0.2) is 60.0 Å². The van der Waals surface area contributed by atoms with Crippen molar-refractivity contribution in [3.05, 3.63) is 74.9 Å². The number of halogens is 2. The first-order valence-electron chi connectivity index (χ1n) is 8.75. The second-order valence-corrected chi connectivity index (χ2v) is 10.1. The lowest BCUT2D eigenvalue weighted by atomic mass is 10.2. The molecule has 0 aliphatic rings. The van der Waals surface area contributed by atoms with Crippen LogP contribution in [-0.4, -0.2) is 15.9 Å². The van der Waals surface area contributed by atoms with Crippen molar-refractivity contribution < 1.29 is 4.79 Å². The van der Waals surface area contributed by atoms with Crippen LogP contribution in [0, 0.1) is 0 Å². The number of hydrogen-bond donors (Lipinski definition) is 1. The van der Waals surface area contributed by atoms with Crippen molar-refractivity contribution in [2.75, 3.05) is 5.32 Å². The molecule has 0 atom stereocenters. The van der Waals surface area contributed by atoms with Crippen LogP contribution in [0.4, 0.5) is 5.13 Å². The van der Waals surface area contributed by atoms with Crippen LogP contribution in [0.25, 0.3) is 31.4 Å². The number of anilines is 1. The van der Waals surface area contributed by atoms with Crippen molar-refractivity contribution >= 4 is 78.5 Å². The number of nitrogens with one attached hydrogen (secondary N) is 1. The molecule has 30 heavy (non-hydrogen) atoms. The van der Waals surface area contributed by atoms with E-state index in [1.54, 1.807) is 29.5 Å². The molecule has 3 aromatic heterocycles. The van der Waals surface area contributed by atoms with Crippen molar-refractivity contribution in [2.24, 2.45) is 0 Å². The molecule has 0 aliphatic heterocycles. The molecule has 5 rings (SSSR count). The molecule has 0 bridgehead atoms. The first-order valence-corrected chi connectivity index (χ1v) is 12.0. The highest BCUT2D eigenvalue weighted by Gasteiger charge is 2.16. The smallest absolute Gasteiger partial charge is 0.267 e. The molecule has 0 saturated heterocycles. The first-order chi connectivity index (χ1) is 14.6. The van der Waals surface area contributed by atoms with Crippen molar-refractivity contribution in [3.63, 3.8) is 0 Å². The SMILES string of the molecule is O=C(Nc1nc(-c2cc(Cl)ccc2Cl)cs1)c1ccc(-c2nc3ccccc3s2)s1. The normalized spacial score (nSPS) is 11.1. The van der Waals surface area contributed by atoms with E-state index >= 15 is 0 Å². The van der Waals surface area contributed by atoms with Gasteiger partial charge in [-0.3, -0.25) is 10.1 Å². The van der Waals surface area contributed by atoms with Gasteiger partial charge in [0.1, 0.15) is 5.01 Å². The Hall–Kier alpha value is -2.29. The second kappa shape index (κ2) is 8.09. The van der Waals surface area contributed by atoms with Crippen LogP contribution < -0.4 is 5.32 Å². The third-order valence-corrected chi connectivity index (χ3v) is 7.88. The Morgan fingerprint density at radius 1 is 0.967 bits per heavy atom. The van der Waals surface area contributed by atoms with Crippen molar-refractivity contribution in [1.29, 1.82) is 0 Å². The number of carbonyl (C=O) groups is 1. The minimum absolute atomic E-state index is 0.203. The van der Waals surface area contributed by atoms with Crippen LogP contribution in [0.1, 0.15) is 9.67 Å². The van der Waals surface area contributed by atoms with E-state index in [0.29, 0.717) is 25.7 Å². The molecule has 0 radical (unpaired) electrons. The van der Waals surface area contributed by atoms with Gasteiger partial charge in [-0.2, -0.15) is 0 Å². The van der Waals surface area contributed by atoms with E-state index in [2.05, 4.69) is 15.3 Å². The highest BCUT2D eigenvalue weighted by atomic mass is 35.5. The standard InChI is InChI=1S/C21H11Cl2N3OS3/c22-11-5-6-13(23)12(9-11)15-10-28-21(25-15)26-19(27)17-7-8-18(29-17)20-24-14-3-1-2-4-16(14)30-20/h1-10H,(H,25,26,27). The molecule has 1 amide bonds. The average Bonchev–Trinajstić information content (AvgIpc) is 3.48. The molecule has 0 spiro atoms. The fourth-order valence-corrected chi connectivity index (χ4v) is 5.87. The van der Waals surface area contributed by atoms with Crippen LogP contribution >= 0.6 is 57.2 Å². The molecule has 148 valence electrons. The lowest BCUT2D eigenvalue weighted by Gasteiger charge is -2.01. The van der Waals surface area contributed by atoms with Gasteiger partial charge in [-0.1, -0.05) is 35.3 Å². The summed E-state index contributed by atoms with van der Waals surface area (Å²) in [6.45, 7) is 0. The van der Waals surface area contributed by atoms with E-state index in [0.717, 1.165) is 25.7 Å². The predicted octanol–water partition coefficient (Wildman–Crippen LogP) is 7.71. The van der Waals surface area contributed by atoms with E-state index in [1.807, 2.05) is 41.8 Å². The summed E-state index contributed by atoms with van der Waals surface area (Å²) in [7, 11) is 0. The van der Waals surface area contributed by atoms with E-state index in [-0.39, 0.29) is 5.91 Å². The molecule has 5 aromatic rings. The summed E-state index contributed by atoms with van der Waals surface area (Å²) in [4.78, 5) is 23.4. The number of amides is 1. The minimum atomic E-state index is -0.203. The van der Waals surface area contributed by atoms with E-state index < -0.39 is 0 Å². The monoisotopic (exact) mass is 487 g/mol. The van der Waals surface area contributed by atoms with Crippen LogP contribution in [0.3, 0.4) is 0 Å². The Bertz CT molecular complexity index is 1360. The zero-order chi connectivity index (χ0) is 20.7. The summed E-state index contributed by atoms with van der Waals surface area (Å²) in [5.41, 5.74) is 2.37. The summed E-state index contributed by atoms with van der Waals surface area (Å²) in [6, 6.07) is 16.9. The number of benzene rings is 2. The van der Waals surface area contributed by atoms with Gasteiger partial charge in [-0.25, -0.2) is 9.97 Å². The molecular formula is C21H11Cl2N3OS3. The highest BCUT2D eigenvalue weighted by molar-refractivity contribution is 7.26. The molecule has 0 unspecified atom stereocenters. The summed E-state index contributed by atoms with van der Waals surface area (Å²) < 4.78 is 1.13. The van der Waals surface area contributed by atoms with E-state index in [1.165, 1.54) is 22.7 Å². The number of para-hydroxylation sites is 1. The average molecular weight is 488 g/mol. The lowest BCUT2D eigenvalue weighted by molar-refractivity contribution is 0.103. The Morgan fingerprint density at radius 2 is 1.83 bits per heavy atom. The zero-order valence-corrected chi connectivity index (χ0v) is 19.0. The van der Waals surface area contributed by atoms with Gasteiger partial charge < -0.3 is 0 Å². The van der Waals surface area contributed by atoms with E-state index in [4.69, 9.17) is 23.2 Å². The molecule has 0 aliphatic carbocycles. The van der Waals surface area contributed by atoms with Crippen LogP contribution in [0.2, 0.25) is 10.0 Å². The molecule has 2 aromatic carbocycles. The van der Waals surface area contributed by atoms with Gasteiger partial charge in [0.25, 0.3) is 5.91 Å². The number of nitrogens with zero attached hydrogens (tertiary/aromatic N) is 2. The van der Waals surface area contributed by atoms with Gasteiger partial charge >= 0.3 is 0 Å². The van der Waals surface area contributed by atoms with Gasteiger partial charge in [-0.15, -0.1) is 34.0 Å². The van der Waals surface area contributed by atoms with Gasteiger partial charge in [0.05, 0.1) is 30.7 Å². The van der Waals surface area contributed by atoms with Gasteiger partial charge in [-0.05, 0) is 42.5 Å². The maximum Gasteiger partial charge on any atom is 0.267 e. The Balaban J connectivity index is 1.35. The van der Waals surface area contributed by atoms with Gasteiger partial charge in [0, 0.05) is 16.0 Å². The van der Waals surface area contributed by atoms with Crippen LogP contribution in [0.5, 0.6) is 0 Å². The lowest BCUT2D eigenvalue weighted by Crippen LogP contribution is -2.09. The number of rotatable bonds is 4. The minimum Gasteiger partial charge on any atom is -0.297 e. The third kappa shape index (κ3) is 3.87. The Labute approximate surface area is 193 Å². The Kier molecular flexibility index (Phi) is 5.30. The highest BCUT2D eigenvalue weighted by Crippen LogP contribution is 2.35. The molecule has 3 heterocycles. The number of hydrogen-bond acceptors (Lipinski definition) is 6. The number of carbonyl (C=O) groups excluding carboxylic acids is 1. The summed E-state index contributed by atoms with van der Waals surface area (Å²) in [6.07, 6.45) is 0. The third-order valence-electron chi connectivity index (χ3n) is 4.26. The van der Waals surface area contributed by atoms with Crippen LogP contribution in [-0.2, 0) is 0 Å². The first kappa shape index (κ1) is 19.7. The summed E-state index contributed by atoms with van der Waals surface area (Å²) >= 11 is 16.7. The maximum absolute atomic E-state index is 12.7. The molecule has 9 heteroatoms. The number of fused-ring (bicyclic) bond motifs is 1. The molecule has 0 saturated carbocycles. The maximum atomic E-state index is 12.7. The fourth-order valence-electron chi connectivity index (χ4n) is 2.86. The summed E-state index contributed by atoms with van der Waals surface area (Å²) in [5, 5.41) is 7.25. The number of thiophene rings is 1. The Morgan fingerprint density at radius 3 is 2.70 bits per heavy atom. The second-order valence-electron chi connectivity index (χ2n) is 6.27. The molecule has 1 N–H and O–H groups in total. The van der Waals surface area contributed by atoms with Crippen molar-refractivity contribution in [1.82, 2.24) is 9.97 Å². The topological polar surface area (TPSA) is 54.9 Å². The van der Waals surface area contributed by atoms with Gasteiger partial charge in [0.15, 0.2) is 5.13 Å². The zero-order valence-electron chi connectivity index (χ0n) is 15.1. The predicted molar refractivity (Wildman–Crippen MR) is 128 cm³/mol. The van der Waals surface area contributed by atoms with Gasteiger partial charge in [0.2, 0.25) is 0 Å². The van der Waals surface area contributed by atoms with Crippen molar-refractivity contribution in [2.45, 2.75) is 0 Å². The summed E-state index contributed by atoms with van der Waals surface area (Å²) in [5.74, 6) is -0.203. The quantitative estimate of drug-likeness (QED) is 0.282. The number of aromatic nitrogens is 2. The molecular weight excluding hydrogens is 477 g/mol. The molecule has 4 nitrogen and oxygen atoms in total. The largest absolute Gasteiger partial charge is 0.297 e.